The second-order valence-corrected chi connectivity index (χ2v) is 3.71. The van der Waals surface area contributed by atoms with Gasteiger partial charge in [0.05, 0.1) is 0 Å². The molecule has 1 aliphatic carbocycles. The number of hydrogen-bond acceptors (Lipinski definition) is 1. The maximum Gasteiger partial charge on any atom is 0.133 e. The highest BCUT2D eigenvalue weighted by Gasteiger charge is 2.19. The minimum atomic E-state index is 0.412. The number of hydrogen-bond donors (Lipinski definition) is 0. The van der Waals surface area contributed by atoms with Crippen molar-refractivity contribution in [2.45, 2.75) is 38.5 Å². The van der Waals surface area contributed by atoms with Gasteiger partial charge < -0.3 is 0 Å². The van der Waals surface area contributed by atoms with Gasteiger partial charge in [-0.05, 0) is 12.3 Å². The molecule has 0 amide bonds. The van der Waals surface area contributed by atoms with Crippen LogP contribution in [-0.2, 0) is 4.79 Å². The number of carbonyl (C=O) groups excluding carboxylic acids is 1. The maximum absolute atomic E-state index is 11.1. The third-order valence-corrected chi connectivity index (χ3v) is 2.60. The summed E-state index contributed by atoms with van der Waals surface area (Å²) in [6.07, 6.45) is 6.23. The van der Waals surface area contributed by atoms with Crippen molar-refractivity contribution in [2.75, 3.05) is 5.88 Å². The molecule has 1 saturated carbocycles. The molecule has 1 aliphatic rings. The van der Waals surface area contributed by atoms with E-state index in [4.69, 9.17) is 11.6 Å². The highest BCUT2D eigenvalue weighted by atomic mass is 35.5. The van der Waals surface area contributed by atoms with Gasteiger partial charge in [-0.1, -0.05) is 19.3 Å². The molecule has 1 rings (SSSR count). The van der Waals surface area contributed by atoms with Gasteiger partial charge in [-0.25, -0.2) is 0 Å². The van der Waals surface area contributed by atoms with Gasteiger partial charge in [0.2, 0.25) is 0 Å². The summed E-state index contributed by atoms with van der Waals surface area (Å²) in [5.74, 6) is 1.75. The predicted molar refractivity (Wildman–Crippen MR) is 46.9 cm³/mol. The third kappa shape index (κ3) is 3.24. The van der Waals surface area contributed by atoms with Gasteiger partial charge >= 0.3 is 0 Å². The van der Waals surface area contributed by atoms with E-state index in [2.05, 4.69) is 0 Å². The minimum Gasteiger partial charge on any atom is -0.300 e. The fourth-order valence-electron chi connectivity index (χ4n) is 1.38. The average Bonchev–Trinajstić information content (AvgIpc) is 1.93. The molecule has 0 aromatic carbocycles. The van der Waals surface area contributed by atoms with Crippen molar-refractivity contribution >= 4 is 17.4 Å². The summed E-state index contributed by atoms with van der Waals surface area (Å²) in [6.45, 7) is 0. The fourth-order valence-corrected chi connectivity index (χ4v) is 1.52. The second-order valence-electron chi connectivity index (χ2n) is 3.33. The normalized spacial score (nSPS) is 17.9. The molecular formula is C9H15ClO. The first-order valence-corrected chi connectivity index (χ1v) is 4.94. The maximum atomic E-state index is 11.1. The van der Waals surface area contributed by atoms with Gasteiger partial charge in [-0.15, -0.1) is 11.6 Å². The molecule has 0 N–H and O–H groups in total. The van der Waals surface area contributed by atoms with Crippen LogP contribution < -0.4 is 0 Å². The van der Waals surface area contributed by atoms with Crippen molar-refractivity contribution in [1.82, 2.24) is 0 Å². The Bertz CT molecular complexity index is 130. The first-order chi connectivity index (χ1) is 5.33. The molecule has 0 heterocycles. The number of rotatable bonds is 5. The molecular weight excluding hydrogens is 160 g/mol. The molecule has 0 saturated heterocycles. The molecule has 1 nitrogen and oxygen atoms in total. The fraction of sp³-hybridized carbons (Fsp3) is 0.889. The van der Waals surface area contributed by atoms with E-state index in [0.29, 0.717) is 18.1 Å². The minimum absolute atomic E-state index is 0.412. The van der Waals surface area contributed by atoms with E-state index in [1.54, 1.807) is 0 Å². The summed E-state index contributed by atoms with van der Waals surface area (Å²) in [4.78, 5) is 11.1. The molecule has 0 aromatic heterocycles. The largest absolute Gasteiger partial charge is 0.300 e. The van der Waals surface area contributed by atoms with Crippen molar-refractivity contribution in [2.24, 2.45) is 5.92 Å². The van der Waals surface area contributed by atoms with Crippen LogP contribution in [0.2, 0.25) is 0 Å². The van der Waals surface area contributed by atoms with Crippen LogP contribution in [0.4, 0.5) is 0 Å². The highest BCUT2D eigenvalue weighted by Crippen LogP contribution is 2.29. The lowest BCUT2D eigenvalue weighted by Crippen LogP contribution is -2.15. The Labute approximate surface area is 73.1 Å². The first kappa shape index (κ1) is 9.05. The molecule has 0 unspecified atom stereocenters. The third-order valence-electron chi connectivity index (χ3n) is 2.33. The van der Waals surface area contributed by atoms with E-state index < -0.39 is 0 Å². The van der Waals surface area contributed by atoms with Crippen molar-refractivity contribution in [3.63, 3.8) is 0 Å². The van der Waals surface area contributed by atoms with Gasteiger partial charge in [0.1, 0.15) is 5.78 Å². The topological polar surface area (TPSA) is 17.1 Å². The molecule has 0 aliphatic heterocycles. The van der Waals surface area contributed by atoms with Crippen LogP contribution in [0.3, 0.4) is 0 Å². The summed E-state index contributed by atoms with van der Waals surface area (Å²) in [5, 5.41) is 0. The Kier molecular flexibility index (Phi) is 3.92. The zero-order valence-electron chi connectivity index (χ0n) is 6.81. The SMILES string of the molecule is O=C(CCCCl)CC1CCC1. The summed E-state index contributed by atoms with van der Waals surface area (Å²) in [6, 6.07) is 0. The van der Waals surface area contributed by atoms with Crippen LogP contribution in [0.15, 0.2) is 0 Å². The van der Waals surface area contributed by atoms with Crippen molar-refractivity contribution in [1.29, 1.82) is 0 Å². The average molecular weight is 175 g/mol. The van der Waals surface area contributed by atoms with Gasteiger partial charge in [-0.2, -0.15) is 0 Å². The lowest BCUT2D eigenvalue weighted by atomic mass is 9.81. The van der Waals surface area contributed by atoms with Crippen molar-refractivity contribution < 1.29 is 4.79 Å². The number of Topliss-reactive ketones (excluding diaryl/α,β-unsaturated/α-hetero) is 1. The molecule has 2 heteroatoms. The predicted octanol–water partition coefficient (Wildman–Crippen LogP) is 2.76. The lowest BCUT2D eigenvalue weighted by Gasteiger charge is -2.24. The molecule has 0 spiro atoms. The van der Waals surface area contributed by atoms with E-state index in [9.17, 15) is 4.79 Å². The smallest absolute Gasteiger partial charge is 0.133 e. The zero-order chi connectivity index (χ0) is 8.10. The van der Waals surface area contributed by atoms with E-state index >= 15 is 0 Å². The molecule has 0 aromatic rings. The molecule has 1 fully saturated rings. The lowest BCUT2D eigenvalue weighted by molar-refractivity contribution is -0.120. The van der Waals surface area contributed by atoms with Gasteiger partial charge in [0, 0.05) is 18.7 Å². The highest BCUT2D eigenvalue weighted by molar-refractivity contribution is 6.17. The Morgan fingerprint density at radius 3 is 2.64 bits per heavy atom. The van der Waals surface area contributed by atoms with Gasteiger partial charge in [-0.3, -0.25) is 4.79 Å². The van der Waals surface area contributed by atoms with Gasteiger partial charge in [0.25, 0.3) is 0 Å². The monoisotopic (exact) mass is 174 g/mol. The van der Waals surface area contributed by atoms with Crippen molar-refractivity contribution in [3.05, 3.63) is 0 Å². The summed E-state index contributed by atoms with van der Waals surface area (Å²) in [5.41, 5.74) is 0. The van der Waals surface area contributed by atoms with Crippen molar-refractivity contribution in [3.8, 4) is 0 Å². The van der Waals surface area contributed by atoms with Crippen LogP contribution >= 0.6 is 11.6 Å². The molecule has 0 atom stereocenters. The van der Waals surface area contributed by atoms with E-state index in [0.717, 1.165) is 18.8 Å². The van der Waals surface area contributed by atoms with E-state index in [1.165, 1.54) is 19.3 Å². The van der Waals surface area contributed by atoms with Crippen LogP contribution in [0.25, 0.3) is 0 Å². The molecule has 11 heavy (non-hydrogen) atoms. The van der Waals surface area contributed by atoms with Crippen LogP contribution in [-0.4, -0.2) is 11.7 Å². The molecule has 0 radical (unpaired) electrons. The van der Waals surface area contributed by atoms with Crippen LogP contribution in [0, 0.1) is 5.92 Å². The first-order valence-electron chi connectivity index (χ1n) is 4.40. The standard InChI is InChI=1S/C9H15ClO/c10-6-2-5-9(11)7-8-3-1-4-8/h8H,1-7H2. The second kappa shape index (κ2) is 4.76. The number of halogens is 1. The quantitative estimate of drug-likeness (QED) is 0.586. The Hall–Kier alpha value is -0.0400. The molecule has 64 valence electrons. The van der Waals surface area contributed by atoms with Gasteiger partial charge in [0.15, 0.2) is 0 Å². The molecule has 0 bridgehead atoms. The van der Waals surface area contributed by atoms with E-state index in [1.807, 2.05) is 0 Å². The van der Waals surface area contributed by atoms with E-state index in [-0.39, 0.29) is 0 Å². The zero-order valence-corrected chi connectivity index (χ0v) is 7.57. The number of alkyl halides is 1. The van der Waals surface area contributed by atoms with Crippen LogP contribution in [0.1, 0.15) is 38.5 Å². The summed E-state index contributed by atoms with van der Waals surface area (Å²) in [7, 11) is 0. The summed E-state index contributed by atoms with van der Waals surface area (Å²) >= 11 is 5.48. The number of carbonyl (C=O) groups is 1. The van der Waals surface area contributed by atoms with Crippen LogP contribution in [0.5, 0.6) is 0 Å². The summed E-state index contributed by atoms with van der Waals surface area (Å²) < 4.78 is 0. The Morgan fingerprint density at radius 2 is 2.18 bits per heavy atom. The Morgan fingerprint density at radius 1 is 1.45 bits per heavy atom. The Balaban J connectivity index is 2.00. The number of ketones is 1.